The molecule has 0 aromatic heterocycles. The topological polar surface area (TPSA) is 30.5 Å². The Bertz CT molecular complexity index is 262. The van der Waals surface area contributed by atoms with E-state index in [2.05, 4.69) is 5.32 Å². The van der Waals surface area contributed by atoms with Gasteiger partial charge in [0, 0.05) is 12.1 Å². The quantitative estimate of drug-likeness (QED) is 0.777. The van der Waals surface area contributed by atoms with E-state index in [1.807, 2.05) is 32.2 Å². The van der Waals surface area contributed by atoms with Gasteiger partial charge in [-0.3, -0.25) is 0 Å². The lowest BCUT2D eigenvalue weighted by Crippen LogP contribution is -2.07. The fourth-order valence-corrected chi connectivity index (χ4v) is 1.39. The van der Waals surface area contributed by atoms with Gasteiger partial charge in [0.05, 0.1) is 13.7 Å². The number of hydrogen-bond acceptors (Lipinski definition) is 3. The minimum absolute atomic E-state index is 0.652. The van der Waals surface area contributed by atoms with Crippen molar-refractivity contribution in [3.8, 4) is 11.5 Å². The molecule has 1 N–H and O–H groups in total. The summed E-state index contributed by atoms with van der Waals surface area (Å²) in [6.07, 6.45) is 0. The molecular weight excluding hydrogens is 178 g/mol. The van der Waals surface area contributed by atoms with Gasteiger partial charge in [-0.15, -0.1) is 0 Å². The molecule has 0 saturated carbocycles. The van der Waals surface area contributed by atoms with Gasteiger partial charge >= 0.3 is 0 Å². The monoisotopic (exact) mass is 195 g/mol. The molecule has 0 saturated heterocycles. The number of para-hydroxylation sites is 1. The van der Waals surface area contributed by atoms with Gasteiger partial charge in [-0.25, -0.2) is 0 Å². The summed E-state index contributed by atoms with van der Waals surface area (Å²) < 4.78 is 10.8. The lowest BCUT2D eigenvalue weighted by atomic mass is 10.2. The van der Waals surface area contributed by atoms with Gasteiger partial charge in [-0.2, -0.15) is 0 Å². The molecule has 0 unspecified atom stereocenters. The largest absolute Gasteiger partial charge is 0.493 e. The van der Waals surface area contributed by atoms with E-state index in [-0.39, 0.29) is 0 Å². The van der Waals surface area contributed by atoms with Crippen molar-refractivity contribution in [2.45, 2.75) is 13.5 Å². The number of hydrogen-bond donors (Lipinski definition) is 1. The predicted octanol–water partition coefficient (Wildman–Crippen LogP) is 1.81. The van der Waals surface area contributed by atoms with E-state index in [1.165, 1.54) is 0 Å². The van der Waals surface area contributed by atoms with Gasteiger partial charge < -0.3 is 14.8 Å². The third-order valence-corrected chi connectivity index (χ3v) is 1.93. The van der Waals surface area contributed by atoms with Gasteiger partial charge in [-0.1, -0.05) is 12.1 Å². The van der Waals surface area contributed by atoms with Crippen molar-refractivity contribution < 1.29 is 9.47 Å². The maximum absolute atomic E-state index is 5.46. The van der Waals surface area contributed by atoms with Gasteiger partial charge in [-0.05, 0) is 20.0 Å². The Hall–Kier alpha value is -1.22. The fourth-order valence-electron chi connectivity index (χ4n) is 1.39. The normalized spacial score (nSPS) is 9.93. The highest BCUT2D eigenvalue weighted by Crippen LogP contribution is 2.30. The Morgan fingerprint density at radius 1 is 1.36 bits per heavy atom. The Morgan fingerprint density at radius 2 is 2.14 bits per heavy atom. The maximum atomic E-state index is 5.46. The zero-order chi connectivity index (χ0) is 10.4. The molecule has 0 atom stereocenters. The molecule has 0 radical (unpaired) electrons. The molecule has 0 aliphatic heterocycles. The summed E-state index contributed by atoms with van der Waals surface area (Å²) >= 11 is 0. The summed E-state index contributed by atoms with van der Waals surface area (Å²) in [6, 6.07) is 5.92. The summed E-state index contributed by atoms with van der Waals surface area (Å²) in [5.74, 6) is 1.63. The van der Waals surface area contributed by atoms with Crippen LogP contribution in [0.5, 0.6) is 11.5 Å². The number of ether oxygens (including phenoxy) is 2. The van der Waals surface area contributed by atoms with Crippen LogP contribution in [0.2, 0.25) is 0 Å². The summed E-state index contributed by atoms with van der Waals surface area (Å²) in [4.78, 5) is 0. The molecule has 0 aliphatic rings. The molecule has 0 spiro atoms. The van der Waals surface area contributed by atoms with E-state index in [1.54, 1.807) is 7.11 Å². The average molecular weight is 195 g/mol. The first-order chi connectivity index (χ1) is 6.83. The van der Waals surface area contributed by atoms with Crippen LogP contribution in [0.15, 0.2) is 18.2 Å². The Morgan fingerprint density at radius 3 is 2.71 bits per heavy atom. The van der Waals surface area contributed by atoms with E-state index < -0.39 is 0 Å². The van der Waals surface area contributed by atoms with Gasteiger partial charge in [0.15, 0.2) is 11.5 Å². The summed E-state index contributed by atoms with van der Waals surface area (Å²) in [5, 5.41) is 3.09. The third-order valence-electron chi connectivity index (χ3n) is 1.93. The van der Waals surface area contributed by atoms with Crippen molar-refractivity contribution in [3.05, 3.63) is 23.8 Å². The van der Waals surface area contributed by atoms with Crippen molar-refractivity contribution >= 4 is 0 Å². The van der Waals surface area contributed by atoms with Crippen LogP contribution in [0.25, 0.3) is 0 Å². The summed E-state index contributed by atoms with van der Waals surface area (Å²) in [6.45, 7) is 3.40. The Labute approximate surface area is 85.0 Å². The van der Waals surface area contributed by atoms with Crippen LogP contribution in [0.1, 0.15) is 12.5 Å². The zero-order valence-electron chi connectivity index (χ0n) is 8.96. The SMILES string of the molecule is CCOc1cccc(CNC)c1OC. The lowest BCUT2D eigenvalue weighted by molar-refractivity contribution is 0.309. The molecule has 14 heavy (non-hydrogen) atoms. The molecule has 3 heteroatoms. The van der Waals surface area contributed by atoms with Crippen molar-refractivity contribution in [1.29, 1.82) is 0 Å². The van der Waals surface area contributed by atoms with Crippen LogP contribution in [0.3, 0.4) is 0 Å². The third kappa shape index (κ3) is 2.39. The maximum Gasteiger partial charge on any atom is 0.165 e. The van der Waals surface area contributed by atoms with Crippen LogP contribution < -0.4 is 14.8 Å². The molecule has 0 aliphatic carbocycles. The molecule has 0 heterocycles. The second kappa shape index (κ2) is 5.50. The molecule has 1 aromatic carbocycles. The minimum Gasteiger partial charge on any atom is -0.493 e. The average Bonchev–Trinajstić information content (AvgIpc) is 2.19. The van der Waals surface area contributed by atoms with Crippen LogP contribution in [0.4, 0.5) is 0 Å². The first-order valence-corrected chi connectivity index (χ1v) is 4.76. The van der Waals surface area contributed by atoms with E-state index in [0.717, 1.165) is 23.6 Å². The molecule has 1 rings (SSSR count). The van der Waals surface area contributed by atoms with Crippen LogP contribution in [-0.4, -0.2) is 20.8 Å². The first-order valence-electron chi connectivity index (χ1n) is 4.76. The highest BCUT2D eigenvalue weighted by Gasteiger charge is 2.08. The first kappa shape index (κ1) is 10.9. The highest BCUT2D eigenvalue weighted by molar-refractivity contribution is 5.46. The van der Waals surface area contributed by atoms with Crippen LogP contribution >= 0.6 is 0 Å². The highest BCUT2D eigenvalue weighted by atomic mass is 16.5. The molecule has 0 bridgehead atoms. The number of rotatable bonds is 5. The number of nitrogens with one attached hydrogen (secondary N) is 1. The summed E-state index contributed by atoms with van der Waals surface area (Å²) in [7, 11) is 3.57. The van der Waals surface area contributed by atoms with Crippen molar-refractivity contribution in [1.82, 2.24) is 5.32 Å². The lowest BCUT2D eigenvalue weighted by Gasteiger charge is -2.13. The number of benzene rings is 1. The van der Waals surface area contributed by atoms with E-state index >= 15 is 0 Å². The minimum atomic E-state index is 0.652. The predicted molar refractivity (Wildman–Crippen MR) is 56.9 cm³/mol. The smallest absolute Gasteiger partial charge is 0.165 e. The second-order valence-electron chi connectivity index (χ2n) is 2.91. The van der Waals surface area contributed by atoms with Crippen molar-refractivity contribution in [2.75, 3.05) is 20.8 Å². The second-order valence-corrected chi connectivity index (χ2v) is 2.91. The van der Waals surface area contributed by atoms with Crippen molar-refractivity contribution in [3.63, 3.8) is 0 Å². The molecule has 0 amide bonds. The Balaban J connectivity index is 2.98. The number of methoxy groups -OCH3 is 1. The van der Waals surface area contributed by atoms with E-state index in [4.69, 9.17) is 9.47 Å². The summed E-state index contributed by atoms with van der Waals surface area (Å²) in [5.41, 5.74) is 1.11. The molecule has 1 aromatic rings. The molecular formula is C11H17NO2. The van der Waals surface area contributed by atoms with Crippen LogP contribution in [0, 0.1) is 0 Å². The Kier molecular flexibility index (Phi) is 4.26. The van der Waals surface area contributed by atoms with Gasteiger partial charge in [0.25, 0.3) is 0 Å². The van der Waals surface area contributed by atoms with Crippen LogP contribution in [-0.2, 0) is 6.54 Å². The van der Waals surface area contributed by atoms with Crippen molar-refractivity contribution in [2.24, 2.45) is 0 Å². The standard InChI is InChI=1S/C11H17NO2/c1-4-14-10-7-5-6-9(8-12-2)11(10)13-3/h5-7,12H,4,8H2,1-3H3. The molecule has 0 fully saturated rings. The fraction of sp³-hybridized carbons (Fsp3) is 0.455. The zero-order valence-corrected chi connectivity index (χ0v) is 8.96. The van der Waals surface area contributed by atoms with E-state index in [9.17, 15) is 0 Å². The van der Waals surface area contributed by atoms with E-state index in [0.29, 0.717) is 6.61 Å². The molecule has 78 valence electrons. The van der Waals surface area contributed by atoms with Gasteiger partial charge in [0.2, 0.25) is 0 Å². The molecule has 3 nitrogen and oxygen atoms in total. The van der Waals surface area contributed by atoms with Gasteiger partial charge in [0.1, 0.15) is 0 Å².